The fourth-order valence-electron chi connectivity index (χ4n) is 1.89. The first-order valence-electron chi connectivity index (χ1n) is 6.12. The van der Waals surface area contributed by atoms with Crippen LogP contribution in [0.2, 0.25) is 0 Å². The number of aliphatic imine (C=N–C) groups is 2. The lowest BCUT2D eigenvalue weighted by molar-refractivity contribution is 1.28. The molecule has 0 amide bonds. The Hall–Kier alpha value is -1.35. The molecule has 0 bridgehead atoms. The molecule has 0 aliphatic rings. The van der Waals surface area contributed by atoms with Gasteiger partial charge < -0.3 is 0 Å². The highest BCUT2D eigenvalue weighted by atomic mass is 32.1. The third-order valence-electron chi connectivity index (χ3n) is 2.77. The molecule has 0 aliphatic heterocycles. The van der Waals surface area contributed by atoms with E-state index >= 15 is 0 Å². The van der Waals surface area contributed by atoms with E-state index in [0.29, 0.717) is 4.99 Å². The third kappa shape index (κ3) is 3.57. The maximum absolute atomic E-state index is 5.07. The second-order valence-corrected chi connectivity index (χ2v) is 4.91. The second kappa shape index (κ2) is 6.55. The Morgan fingerprint density at radius 1 is 1.28 bits per heavy atom. The van der Waals surface area contributed by atoms with E-state index in [4.69, 9.17) is 12.2 Å². The van der Waals surface area contributed by atoms with Gasteiger partial charge in [-0.3, -0.25) is 4.99 Å². The molecule has 1 aromatic carbocycles. The van der Waals surface area contributed by atoms with Crippen molar-refractivity contribution in [2.24, 2.45) is 9.98 Å². The molecule has 0 atom stereocenters. The lowest BCUT2D eigenvalue weighted by Crippen LogP contribution is -2.17. The maximum Gasteiger partial charge on any atom is 0.100 e. The Morgan fingerprint density at radius 3 is 2.44 bits per heavy atom. The Morgan fingerprint density at radius 2 is 1.94 bits per heavy atom. The number of aryl methyl sites for hydroxylation is 2. The second-order valence-electron chi connectivity index (χ2n) is 4.32. The summed E-state index contributed by atoms with van der Waals surface area (Å²) in [5, 5.41) is 0. The van der Waals surface area contributed by atoms with Gasteiger partial charge in [0, 0.05) is 12.6 Å². The molecule has 0 radical (unpaired) electrons. The Labute approximate surface area is 115 Å². The molecule has 0 saturated heterocycles. The minimum absolute atomic E-state index is 0.651. The zero-order valence-electron chi connectivity index (χ0n) is 11.7. The van der Waals surface area contributed by atoms with Crippen molar-refractivity contribution < 1.29 is 0 Å². The predicted octanol–water partition coefficient (Wildman–Crippen LogP) is 3.92. The number of thiocarbonyl (C=S) groups is 1. The zero-order chi connectivity index (χ0) is 13.7. The fraction of sp³-hybridized carbons (Fsp3) is 0.400. The molecular weight excluding hydrogens is 240 g/mol. The summed E-state index contributed by atoms with van der Waals surface area (Å²) in [6, 6.07) is 6.38. The summed E-state index contributed by atoms with van der Waals surface area (Å²) in [4.78, 5) is 9.49. The van der Waals surface area contributed by atoms with Crippen LogP contribution in [0.5, 0.6) is 0 Å². The summed E-state index contributed by atoms with van der Waals surface area (Å²) in [6.07, 6.45) is 0.827. The summed E-state index contributed by atoms with van der Waals surface area (Å²) in [7, 11) is 1.81. The molecule has 18 heavy (non-hydrogen) atoms. The molecule has 0 spiro atoms. The molecule has 0 heterocycles. The van der Waals surface area contributed by atoms with Gasteiger partial charge in [-0.1, -0.05) is 36.8 Å². The monoisotopic (exact) mass is 260 g/mol. The van der Waals surface area contributed by atoms with Gasteiger partial charge in [-0.05, 0) is 38.8 Å². The summed E-state index contributed by atoms with van der Waals surface area (Å²) in [5.41, 5.74) is 5.49. The number of rotatable bonds is 3. The van der Waals surface area contributed by atoms with Crippen molar-refractivity contribution in [1.29, 1.82) is 0 Å². The molecule has 0 N–H and O–H groups in total. The average molecular weight is 260 g/mol. The first-order valence-corrected chi connectivity index (χ1v) is 6.53. The normalized spacial score (nSPS) is 12.7. The molecule has 0 unspecified atom stereocenters. The lowest BCUT2D eigenvalue weighted by Gasteiger charge is -2.11. The third-order valence-corrected chi connectivity index (χ3v) is 2.86. The highest BCUT2D eigenvalue weighted by Gasteiger charge is 2.12. The van der Waals surface area contributed by atoms with Crippen molar-refractivity contribution in [2.75, 3.05) is 7.05 Å². The summed E-state index contributed by atoms with van der Waals surface area (Å²) >= 11 is 5.07. The number of benzene rings is 1. The van der Waals surface area contributed by atoms with E-state index in [-0.39, 0.29) is 0 Å². The standard InChI is InChI=1S/C15H20N2S/c1-6-14(17-12(4)18)15(16-5)13-9-10(2)7-8-11(13)3/h7-9H,6H2,1-5H3. The van der Waals surface area contributed by atoms with Crippen LogP contribution in [0, 0.1) is 13.8 Å². The SMILES string of the molecule is CCC(=NC(C)=S)C(=NC)c1cc(C)ccc1C. The van der Waals surface area contributed by atoms with Crippen LogP contribution in [-0.4, -0.2) is 23.5 Å². The summed E-state index contributed by atoms with van der Waals surface area (Å²) < 4.78 is 0. The van der Waals surface area contributed by atoms with Crippen LogP contribution >= 0.6 is 12.2 Å². The zero-order valence-corrected chi connectivity index (χ0v) is 12.6. The minimum atomic E-state index is 0.651. The van der Waals surface area contributed by atoms with Crippen molar-refractivity contribution in [3.63, 3.8) is 0 Å². The molecule has 1 rings (SSSR count). The van der Waals surface area contributed by atoms with Crippen LogP contribution in [0.15, 0.2) is 28.2 Å². The molecule has 96 valence electrons. The van der Waals surface area contributed by atoms with Gasteiger partial charge in [0.25, 0.3) is 0 Å². The van der Waals surface area contributed by atoms with Gasteiger partial charge in [-0.2, -0.15) is 0 Å². The van der Waals surface area contributed by atoms with E-state index in [9.17, 15) is 0 Å². The highest BCUT2D eigenvalue weighted by Crippen LogP contribution is 2.14. The van der Waals surface area contributed by atoms with Crippen LogP contribution in [0.25, 0.3) is 0 Å². The topological polar surface area (TPSA) is 24.7 Å². The largest absolute Gasteiger partial charge is 0.286 e. The minimum Gasteiger partial charge on any atom is -0.286 e. The quantitative estimate of drug-likeness (QED) is 0.597. The average Bonchev–Trinajstić information content (AvgIpc) is 2.32. The van der Waals surface area contributed by atoms with Crippen molar-refractivity contribution in [3.8, 4) is 0 Å². The van der Waals surface area contributed by atoms with Crippen molar-refractivity contribution in [2.45, 2.75) is 34.1 Å². The van der Waals surface area contributed by atoms with Gasteiger partial charge in [0.1, 0.15) is 4.99 Å². The fourth-order valence-corrected chi connectivity index (χ4v) is 2.00. The molecule has 0 fully saturated rings. The van der Waals surface area contributed by atoms with Gasteiger partial charge in [0.2, 0.25) is 0 Å². The smallest absolute Gasteiger partial charge is 0.100 e. The predicted molar refractivity (Wildman–Crippen MR) is 84.4 cm³/mol. The number of nitrogens with zero attached hydrogens (tertiary/aromatic N) is 2. The maximum atomic E-state index is 5.07. The van der Waals surface area contributed by atoms with Gasteiger partial charge in [0.05, 0.1) is 11.4 Å². The van der Waals surface area contributed by atoms with E-state index in [1.807, 2.05) is 6.92 Å². The van der Waals surface area contributed by atoms with Crippen molar-refractivity contribution in [1.82, 2.24) is 0 Å². The molecule has 3 heteroatoms. The number of hydrogen-bond donors (Lipinski definition) is 0. The molecule has 0 aromatic heterocycles. The van der Waals surface area contributed by atoms with E-state index in [1.54, 1.807) is 7.05 Å². The molecule has 0 saturated carbocycles. The van der Waals surface area contributed by atoms with Crippen LogP contribution in [0.4, 0.5) is 0 Å². The van der Waals surface area contributed by atoms with Crippen LogP contribution in [0.1, 0.15) is 37.0 Å². The van der Waals surface area contributed by atoms with Gasteiger partial charge >= 0.3 is 0 Å². The van der Waals surface area contributed by atoms with Gasteiger partial charge in [-0.15, -0.1) is 0 Å². The first-order chi connectivity index (χ1) is 8.49. The lowest BCUT2D eigenvalue weighted by atomic mass is 9.97. The van der Waals surface area contributed by atoms with E-state index < -0.39 is 0 Å². The highest BCUT2D eigenvalue weighted by molar-refractivity contribution is 7.80. The molecule has 0 aliphatic carbocycles. The van der Waals surface area contributed by atoms with Crippen LogP contribution in [-0.2, 0) is 0 Å². The summed E-state index contributed by atoms with van der Waals surface area (Å²) in [6.45, 7) is 8.09. The Balaban J connectivity index is 3.34. The first kappa shape index (κ1) is 14.7. The Kier molecular flexibility index (Phi) is 5.35. The van der Waals surface area contributed by atoms with Crippen LogP contribution < -0.4 is 0 Å². The van der Waals surface area contributed by atoms with Crippen molar-refractivity contribution in [3.05, 3.63) is 34.9 Å². The molecule has 1 aromatic rings. The number of hydrogen-bond acceptors (Lipinski definition) is 2. The summed E-state index contributed by atoms with van der Waals surface area (Å²) in [5.74, 6) is 0. The molecular formula is C15H20N2S. The van der Waals surface area contributed by atoms with Crippen molar-refractivity contribution >= 4 is 28.6 Å². The van der Waals surface area contributed by atoms with Gasteiger partial charge in [0.15, 0.2) is 0 Å². The molecule has 2 nitrogen and oxygen atoms in total. The van der Waals surface area contributed by atoms with Gasteiger partial charge in [-0.25, -0.2) is 4.99 Å². The van der Waals surface area contributed by atoms with Crippen LogP contribution in [0.3, 0.4) is 0 Å². The van der Waals surface area contributed by atoms with E-state index in [0.717, 1.165) is 23.4 Å². The van der Waals surface area contributed by atoms with E-state index in [2.05, 4.69) is 49.0 Å². The van der Waals surface area contributed by atoms with E-state index in [1.165, 1.54) is 11.1 Å². The Bertz CT molecular complexity index is 513.